The predicted octanol–water partition coefficient (Wildman–Crippen LogP) is 2.17. The SMILES string of the molecule is Cc1cc(C)c(Oc2ncnc(N)n2)c(C)c1. The summed E-state index contributed by atoms with van der Waals surface area (Å²) in [5.74, 6) is 0.915. The van der Waals surface area contributed by atoms with Gasteiger partial charge in [-0.3, -0.25) is 0 Å². The fraction of sp³-hybridized carbons (Fsp3) is 0.250. The minimum Gasteiger partial charge on any atom is -0.424 e. The first kappa shape index (κ1) is 11.3. The molecule has 2 N–H and O–H groups in total. The van der Waals surface area contributed by atoms with Crippen molar-refractivity contribution in [2.24, 2.45) is 0 Å². The molecule has 0 aliphatic rings. The summed E-state index contributed by atoms with van der Waals surface area (Å²) in [7, 11) is 0. The molecule has 0 saturated heterocycles. The third-order valence-corrected chi connectivity index (χ3v) is 2.37. The van der Waals surface area contributed by atoms with Gasteiger partial charge in [-0.05, 0) is 31.9 Å². The fourth-order valence-corrected chi connectivity index (χ4v) is 1.76. The molecule has 5 nitrogen and oxygen atoms in total. The van der Waals surface area contributed by atoms with Gasteiger partial charge in [0.15, 0.2) is 0 Å². The molecule has 1 aromatic carbocycles. The Morgan fingerprint density at radius 2 is 1.71 bits per heavy atom. The van der Waals surface area contributed by atoms with E-state index in [1.54, 1.807) is 0 Å². The molecular weight excluding hydrogens is 216 g/mol. The lowest BCUT2D eigenvalue weighted by molar-refractivity contribution is 0.434. The molecule has 88 valence electrons. The molecule has 0 spiro atoms. The Hall–Kier alpha value is -2.17. The van der Waals surface area contributed by atoms with Gasteiger partial charge in [0.05, 0.1) is 0 Å². The van der Waals surface area contributed by atoms with Crippen LogP contribution in [-0.2, 0) is 0 Å². The predicted molar refractivity (Wildman–Crippen MR) is 65.0 cm³/mol. The van der Waals surface area contributed by atoms with E-state index in [1.807, 2.05) is 32.9 Å². The Kier molecular flexibility index (Phi) is 2.91. The average Bonchev–Trinajstić information content (AvgIpc) is 2.23. The second-order valence-corrected chi connectivity index (χ2v) is 3.96. The minimum atomic E-state index is 0.150. The third kappa shape index (κ3) is 2.50. The van der Waals surface area contributed by atoms with E-state index in [0.717, 1.165) is 16.9 Å². The lowest BCUT2D eigenvalue weighted by atomic mass is 10.1. The first-order valence-corrected chi connectivity index (χ1v) is 5.26. The van der Waals surface area contributed by atoms with E-state index in [9.17, 15) is 0 Å². The van der Waals surface area contributed by atoms with Crippen molar-refractivity contribution in [1.29, 1.82) is 0 Å². The smallest absolute Gasteiger partial charge is 0.326 e. The number of anilines is 1. The van der Waals surface area contributed by atoms with Crippen LogP contribution in [0.1, 0.15) is 16.7 Å². The molecule has 1 heterocycles. The Morgan fingerprint density at radius 3 is 2.29 bits per heavy atom. The van der Waals surface area contributed by atoms with E-state index in [1.165, 1.54) is 11.9 Å². The maximum Gasteiger partial charge on any atom is 0.326 e. The highest BCUT2D eigenvalue weighted by atomic mass is 16.5. The van der Waals surface area contributed by atoms with Gasteiger partial charge in [0.25, 0.3) is 0 Å². The van der Waals surface area contributed by atoms with Crippen molar-refractivity contribution in [3.8, 4) is 11.8 Å². The largest absolute Gasteiger partial charge is 0.424 e. The van der Waals surface area contributed by atoms with Crippen LogP contribution in [0.15, 0.2) is 18.5 Å². The van der Waals surface area contributed by atoms with Crippen LogP contribution >= 0.6 is 0 Å². The zero-order valence-electron chi connectivity index (χ0n) is 10.1. The molecule has 0 fully saturated rings. The van der Waals surface area contributed by atoms with Gasteiger partial charge in [-0.1, -0.05) is 17.7 Å². The first-order chi connectivity index (χ1) is 8.06. The molecule has 2 rings (SSSR count). The van der Waals surface area contributed by atoms with Crippen LogP contribution in [0.4, 0.5) is 5.95 Å². The monoisotopic (exact) mass is 230 g/mol. The number of hydrogen-bond donors (Lipinski definition) is 1. The Balaban J connectivity index is 2.36. The van der Waals surface area contributed by atoms with Gasteiger partial charge < -0.3 is 10.5 Å². The minimum absolute atomic E-state index is 0.150. The van der Waals surface area contributed by atoms with Crippen LogP contribution in [0.25, 0.3) is 0 Å². The molecule has 0 aliphatic carbocycles. The summed E-state index contributed by atoms with van der Waals surface area (Å²) in [4.78, 5) is 11.5. The van der Waals surface area contributed by atoms with Gasteiger partial charge in [0.2, 0.25) is 5.95 Å². The highest BCUT2D eigenvalue weighted by molar-refractivity contribution is 5.44. The first-order valence-electron chi connectivity index (χ1n) is 5.26. The van der Waals surface area contributed by atoms with E-state index >= 15 is 0 Å². The van der Waals surface area contributed by atoms with Crippen molar-refractivity contribution >= 4 is 5.95 Å². The van der Waals surface area contributed by atoms with Crippen molar-refractivity contribution in [3.63, 3.8) is 0 Å². The van der Waals surface area contributed by atoms with E-state index in [2.05, 4.69) is 15.0 Å². The topological polar surface area (TPSA) is 73.9 Å². The summed E-state index contributed by atoms with van der Waals surface area (Å²) >= 11 is 0. The number of benzene rings is 1. The van der Waals surface area contributed by atoms with Gasteiger partial charge in [-0.2, -0.15) is 9.97 Å². The number of aryl methyl sites for hydroxylation is 3. The zero-order valence-corrected chi connectivity index (χ0v) is 10.1. The van der Waals surface area contributed by atoms with Gasteiger partial charge in [-0.15, -0.1) is 0 Å². The molecule has 0 radical (unpaired) electrons. The van der Waals surface area contributed by atoms with Crippen molar-refractivity contribution < 1.29 is 4.74 Å². The molecule has 17 heavy (non-hydrogen) atoms. The highest BCUT2D eigenvalue weighted by Crippen LogP contribution is 2.27. The lowest BCUT2D eigenvalue weighted by Crippen LogP contribution is -2.00. The Labute approximate surface area is 99.7 Å². The number of rotatable bonds is 2. The van der Waals surface area contributed by atoms with Gasteiger partial charge >= 0.3 is 6.01 Å². The fourth-order valence-electron chi connectivity index (χ4n) is 1.76. The summed E-state index contributed by atoms with van der Waals surface area (Å²) in [6, 6.07) is 4.31. The number of aromatic nitrogens is 3. The maximum absolute atomic E-state index is 5.63. The van der Waals surface area contributed by atoms with Crippen molar-refractivity contribution in [1.82, 2.24) is 15.0 Å². The second kappa shape index (κ2) is 4.37. The molecule has 5 heteroatoms. The highest BCUT2D eigenvalue weighted by Gasteiger charge is 2.08. The lowest BCUT2D eigenvalue weighted by Gasteiger charge is -2.11. The normalized spacial score (nSPS) is 10.3. The number of hydrogen-bond acceptors (Lipinski definition) is 5. The third-order valence-electron chi connectivity index (χ3n) is 2.37. The standard InChI is InChI=1S/C12H14N4O/c1-7-4-8(2)10(9(3)5-7)17-12-15-6-14-11(13)16-12/h4-6H,1-3H3,(H2,13,14,15,16). The summed E-state index contributed by atoms with van der Waals surface area (Å²) in [6.07, 6.45) is 1.33. The molecule has 0 bridgehead atoms. The molecule has 2 aromatic rings. The second-order valence-electron chi connectivity index (χ2n) is 3.96. The number of nitrogen functional groups attached to an aromatic ring is 1. The number of nitrogens with zero attached hydrogens (tertiary/aromatic N) is 3. The van der Waals surface area contributed by atoms with Gasteiger partial charge in [0.1, 0.15) is 12.1 Å². The molecule has 0 amide bonds. The van der Waals surface area contributed by atoms with E-state index in [0.29, 0.717) is 0 Å². The molecule has 0 atom stereocenters. The van der Waals surface area contributed by atoms with E-state index in [-0.39, 0.29) is 12.0 Å². The van der Waals surface area contributed by atoms with E-state index < -0.39 is 0 Å². The Bertz CT molecular complexity index is 531. The van der Waals surface area contributed by atoms with Crippen molar-refractivity contribution in [3.05, 3.63) is 35.2 Å². The van der Waals surface area contributed by atoms with Crippen LogP contribution in [0, 0.1) is 20.8 Å². The molecular formula is C12H14N4O. The average molecular weight is 230 g/mol. The maximum atomic E-state index is 5.63. The summed E-state index contributed by atoms with van der Waals surface area (Å²) in [5.41, 5.74) is 8.75. The molecule has 0 aliphatic heterocycles. The summed E-state index contributed by atoms with van der Waals surface area (Å²) in [6.45, 7) is 6.02. The van der Waals surface area contributed by atoms with Crippen molar-refractivity contribution in [2.45, 2.75) is 20.8 Å². The number of ether oxygens (including phenoxy) is 1. The van der Waals surface area contributed by atoms with Crippen LogP contribution in [0.5, 0.6) is 11.8 Å². The van der Waals surface area contributed by atoms with Crippen LogP contribution in [0.2, 0.25) is 0 Å². The molecule has 0 unspecified atom stereocenters. The zero-order chi connectivity index (χ0) is 12.4. The summed E-state index contributed by atoms with van der Waals surface area (Å²) < 4.78 is 5.63. The van der Waals surface area contributed by atoms with Crippen LogP contribution < -0.4 is 10.5 Å². The van der Waals surface area contributed by atoms with Crippen LogP contribution in [0.3, 0.4) is 0 Å². The molecule has 0 saturated carbocycles. The van der Waals surface area contributed by atoms with E-state index in [4.69, 9.17) is 10.5 Å². The summed E-state index contributed by atoms with van der Waals surface area (Å²) in [5, 5.41) is 0. The Morgan fingerprint density at radius 1 is 1.06 bits per heavy atom. The molecule has 1 aromatic heterocycles. The van der Waals surface area contributed by atoms with Gasteiger partial charge in [0, 0.05) is 0 Å². The quantitative estimate of drug-likeness (QED) is 0.855. The van der Waals surface area contributed by atoms with Gasteiger partial charge in [-0.25, -0.2) is 4.98 Å². The van der Waals surface area contributed by atoms with Crippen molar-refractivity contribution in [2.75, 3.05) is 5.73 Å². The van der Waals surface area contributed by atoms with Crippen LogP contribution in [-0.4, -0.2) is 15.0 Å². The number of nitrogens with two attached hydrogens (primary N) is 1.